The Morgan fingerprint density at radius 1 is 1.21 bits per heavy atom. The topological polar surface area (TPSA) is 107 Å². The molecule has 0 bridgehead atoms. The Hall–Kier alpha value is -3.11. The molecule has 0 atom stereocenters. The van der Waals surface area contributed by atoms with Gasteiger partial charge in [0, 0.05) is 12.3 Å². The maximum absolute atomic E-state index is 12.9. The van der Waals surface area contributed by atoms with Crippen LogP contribution >= 0.6 is 0 Å². The SMILES string of the molecule is Cc1ccc2nc(COC(=O)CNS(=O)(=O)c3ccc(F)cc3)cc(=O)n2c1. The highest BCUT2D eigenvalue weighted by Gasteiger charge is 2.16. The maximum atomic E-state index is 12.9. The van der Waals surface area contributed by atoms with Crippen LogP contribution in [0.25, 0.3) is 5.65 Å². The Kier molecular flexibility index (Phi) is 5.52. The van der Waals surface area contributed by atoms with Gasteiger partial charge in [-0.25, -0.2) is 17.8 Å². The average molecular weight is 405 g/mol. The van der Waals surface area contributed by atoms with Crippen LogP contribution in [0.15, 0.2) is 58.4 Å². The number of rotatable bonds is 6. The Balaban J connectivity index is 1.61. The van der Waals surface area contributed by atoms with Gasteiger partial charge in [-0.3, -0.25) is 14.0 Å². The van der Waals surface area contributed by atoms with E-state index < -0.39 is 28.4 Å². The van der Waals surface area contributed by atoms with Gasteiger partial charge < -0.3 is 4.74 Å². The van der Waals surface area contributed by atoms with E-state index in [0.29, 0.717) is 5.65 Å². The Bertz CT molecular complexity index is 1190. The van der Waals surface area contributed by atoms with Crippen molar-refractivity contribution in [1.82, 2.24) is 14.1 Å². The van der Waals surface area contributed by atoms with Gasteiger partial charge in [-0.1, -0.05) is 6.07 Å². The quantitative estimate of drug-likeness (QED) is 0.617. The molecule has 0 unspecified atom stereocenters. The number of benzene rings is 1. The summed E-state index contributed by atoms with van der Waals surface area (Å²) in [5, 5.41) is 0. The second kappa shape index (κ2) is 7.87. The van der Waals surface area contributed by atoms with Gasteiger partial charge in [0.05, 0.1) is 10.6 Å². The van der Waals surface area contributed by atoms with Gasteiger partial charge in [-0.05, 0) is 42.8 Å². The van der Waals surface area contributed by atoms with E-state index in [1.807, 2.05) is 6.92 Å². The van der Waals surface area contributed by atoms with Gasteiger partial charge in [-0.15, -0.1) is 0 Å². The summed E-state index contributed by atoms with van der Waals surface area (Å²) in [5.41, 5.74) is 1.21. The molecule has 0 aliphatic heterocycles. The third-order valence-electron chi connectivity index (χ3n) is 3.77. The van der Waals surface area contributed by atoms with E-state index >= 15 is 0 Å². The lowest BCUT2D eigenvalue weighted by Gasteiger charge is -2.08. The van der Waals surface area contributed by atoms with Gasteiger partial charge >= 0.3 is 5.97 Å². The second-order valence-electron chi connectivity index (χ2n) is 5.96. The number of carbonyl (C=O) groups excluding carboxylic acids is 1. The van der Waals surface area contributed by atoms with Crippen LogP contribution in [0.1, 0.15) is 11.3 Å². The molecule has 146 valence electrons. The molecule has 0 aliphatic rings. The van der Waals surface area contributed by atoms with Crippen molar-refractivity contribution in [2.24, 2.45) is 0 Å². The first kappa shape index (κ1) is 19.6. The summed E-state index contributed by atoms with van der Waals surface area (Å²) in [5.74, 6) is -1.43. The molecule has 0 amide bonds. The largest absolute Gasteiger partial charge is 0.458 e. The first-order valence-electron chi connectivity index (χ1n) is 8.14. The molecule has 3 aromatic rings. The second-order valence-corrected chi connectivity index (χ2v) is 7.73. The van der Waals surface area contributed by atoms with Gasteiger partial charge in [0.25, 0.3) is 5.56 Å². The zero-order chi connectivity index (χ0) is 20.3. The minimum absolute atomic E-state index is 0.179. The van der Waals surface area contributed by atoms with Crippen molar-refractivity contribution in [3.8, 4) is 0 Å². The molecule has 28 heavy (non-hydrogen) atoms. The Morgan fingerprint density at radius 2 is 1.93 bits per heavy atom. The normalized spacial score (nSPS) is 11.5. The number of ether oxygens (including phenoxy) is 1. The van der Waals surface area contributed by atoms with Crippen LogP contribution in [-0.4, -0.2) is 30.3 Å². The highest BCUT2D eigenvalue weighted by molar-refractivity contribution is 7.89. The fourth-order valence-electron chi connectivity index (χ4n) is 2.39. The van der Waals surface area contributed by atoms with Crippen LogP contribution in [-0.2, 0) is 26.2 Å². The number of halogens is 1. The van der Waals surface area contributed by atoms with E-state index in [-0.39, 0.29) is 22.8 Å². The van der Waals surface area contributed by atoms with Gasteiger partial charge in [-0.2, -0.15) is 4.72 Å². The van der Waals surface area contributed by atoms with E-state index in [1.54, 1.807) is 18.3 Å². The zero-order valence-electron chi connectivity index (χ0n) is 14.8. The first-order valence-corrected chi connectivity index (χ1v) is 9.63. The molecule has 10 heteroatoms. The molecular weight excluding hydrogens is 389 g/mol. The Morgan fingerprint density at radius 3 is 2.64 bits per heavy atom. The standard InChI is InChI=1S/C18H16FN3O5S/c1-12-2-7-16-21-14(8-17(23)22(16)10-12)11-27-18(24)9-20-28(25,26)15-5-3-13(19)4-6-15/h2-8,10,20H,9,11H2,1H3. The number of esters is 1. The van der Waals surface area contributed by atoms with Crippen molar-refractivity contribution < 1.29 is 22.3 Å². The highest BCUT2D eigenvalue weighted by atomic mass is 32.2. The lowest BCUT2D eigenvalue weighted by Crippen LogP contribution is -2.30. The number of fused-ring (bicyclic) bond motifs is 1. The van der Waals surface area contributed by atoms with Crippen LogP contribution in [0.4, 0.5) is 4.39 Å². The fraction of sp³-hybridized carbons (Fsp3) is 0.167. The van der Waals surface area contributed by atoms with Crippen molar-refractivity contribution in [2.75, 3.05) is 6.54 Å². The van der Waals surface area contributed by atoms with Crippen molar-refractivity contribution in [1.29, 1.82) is 0 Å². The van der Waals surface area contributed by atoms with Crippen molar-refractivity contribution in [2.45, 2.75) is 18.4 Å². The number of hydrogen-bond acceptors (Lipinski definition) is 6. The minimum Gasteiger partial charge on any atom is -0.458 e. The van der Waals surface area contributed by atoms with E-state index in [0.717, 1.165) is 29.8 Å². The molecule has 2 heterocycles. The smallest absolute Gasteiger partial charge is 0.321 e. The maximum Gasteiger partial charge on any atom is 0.321 e. The fourth-order valence-corrected chi connectivity index (χ4v) is 3.36. The van der Waals surface area contributed by atoms with Crippen LogP contribution in [0.3, 0.4) is 0 Å². The molecule has 0 radical (unpaired) electrons. The van der Waals surface area contributed by atoms with Gasteiger partial charge in [0.2, 0.25) is 10.0 Å². The number of pyridine rings is 1. The molecule has 0 aliphatic carbocycles. The average Bonchev–Trinajstić information content (AvgIpc) is 2.66. The molecular formula is C18H16FN3O5S. The van der Waals surface area contributed by atoms with Crippen LogP contribution < -0.4 is 10.3 Å². The number of hydrogen-bond donors (Lipinski definition) is 1. The summed E-state index contributed by atoms with van der Waals surface area (Å²) in [6, 6.07) is 8.86. The third kappa shape index (κ3) is 4.59. The zero-order valence-corrected chi connectivity index (χ0v) is 15.6. The monoisotopic (exact) mass is 405 g/mol. The number of aromatic nitrogens is 2. The number of sulfonamides is 1. The molecule has 2 aromatic heterocycles. The number of nitrogens with zero attached hydrogens (tertiary/aromatic N) is 2. The van der Waals surface area contributed by atoms with Crippen molar-refractivity contribution in [3.05, 3.63) is 76.1 Å². The Labute approximate surface area is 159 Å². The first-order chi connectivity index (χ1) is 13.2. The van der Waals surface area contributed by atoms with Crippen LogP contribution in [0, 0.1) is 12.7 Å². The number of nitrogens with one attached hydrogen (secondary N) is 1. The predicted molar refractivity (Wildman–Crippen MR) is 97.6 cm³/mol. The molecule has 1 N–H and O–H groups in total. The van der Waals surface area contributed by atoms with Crippen molar-refractivity contribution >= 4 is 21.6 Å². The molecule has 3 rings (SSSR count). The van der Waals surface area contributed by atoms with E-state index in [2.05, 4.69) is 9.71 Å². The lowest BCUT2D eigenvalue weighted by atomic mass is 10.3. The van der Waals surface area contributed by atoms with Gasteiger partial charge in [0.1, 0.15) is 24.6 Å². The summed E-state index contributed by atoms with van der Waals surface area (Å²) >= 11 is 0. The molecule has 0 saturated heterocycles. The van der Waals surface area contributed by atoms with Crippen LogP contribution in [0.2, 0.25) is 0 Å². The summed E-state index contributed by atoms with van der Waals surface area (Å²) < 4.78 is 45.4. The van der Waals surface area contributed by atoms with E-state index in [4.69, 9.17) is 4.74 Å². The summed E-state index contributed by atoms with van der Waals surface area (Å²) in [6.45, 7) is 0.941. The lowest BCUT2D eigenvalue weighted by molar-refractivity contribution is -0.143. The highest BCUT2D eigenvalue weighted by Crippen LogP contribution is 2.09. The number of aryl methyl sites for hydroxylation is 1. The molecule has 0 saturated carbocycles. The van der Waals surface area contributed by atoms with Crippen LogP contribution in [0.5, 0.6) is 0 Å². The minimum atomic E-state index is -3.98. The molecule has 0 fully saturated rings. The van der Waals surface area contributed by atoms with Crippen molar-refractivity contribution in [3.63, 3.8) is 0 Å². The third-order valence-corrected chi connectivity index (χ3v) is 5.19. The molecule has 1 aromatic carbocycles. The predicted octanol–water partition coefficient (Wildman–Crippen LogP) is 1.16. The molecule has 8 nitrogen and oxygen atoms in total. The summed E-state index contributed by atoms with van der Waals surface area (Å²) in [6.07, 6.45) is 1.64. The van der Waals surface area contributed by atoms with E-state index in [9.17, 15) is 22.4 Å². The summed E-state index contributed by atoms with van der Waals surface area (Å²) in [4.78, 5) is 28.0. The van der Waals surface area contributed by atoms with E-state index in [1.165, 1.54) is 10.5 Å². The number of carbonyl (C=O) groups is 1. The summed E-state index contributed by atoms with van der Waals surface area (Å²) in [7, 11) is -3.98. The molecule has 0 spiro atoms. The van der Waals surface area contributed by atoms with Gasteiger partial charge in [0.15, 0.2) is 0 Å².